The van der Waals surface area contributed by atoms with Crippen LogP contribution in [0.4, 0.5) is 0 Å². The van der Waals surface area contributed by atoms with Crippen LogP contribution in [-0.2, 0) is 16.0 Å². The van der Waals surface area contributed by atoms with Gasteiger partial charge in [-0.05, 0) is 61.6 Å². The summed E-state index contributed by atoms with van der Waals surface area (Å²) in [6.45, 7) is 2.16. The van der Waals surface area contributed by atoms with Gasteiger partial charge >= 0.3 is 0 Å². The molecule has 0 aromatic heterocycles. The van der Waals surface area contributed by atoms with Crippen molar-refractivity contribution in [3.63, 3.8) is 0 Å². The monoisotopic (exact) mass is 423 g/mol. The smallest absolute Gasteiger partial charge is 0.254 e. The van der Waals surface area contributed by atoms with Crippen molar-refractivity contribution in [1.29, 1.82) is 5.26 Å². The first-order chi connectivity index (χ1) is 15.0. The minimum atomic E-state index is -1.12. The van der Waals surface area contributed by atoms with E-state index >= 15 is 0 Å². The molecule has 164 valence electrons. The van der Waals surface area contributed by atoms with Gasteiger partial charge in [0.1, 0.15) is 17.4 Å². The molecule has 3 fully saturated rings. The van der Waals surface area contributed by atoms with Gasteiger partial charge in [0.15, 0.2) is 6.10 Å². The zero-order valence-corrected chi connectivity index (χ0v) is 17.8. The second-order valence-electron chi connectivity index (χ2n) is 9.50. The maximum atomic E-state index is 13.0. The number of carbonyl (C=O) groups excluding carboxylic acids is 2. The summed E-state index contributed by atoms with van der Waals surface area (Å²) in [6.07, 6.45) is 5.15. The minimum Gasteiger partial charge on any atom is -0.475 e. The van der Waals surface area contributed by atoms with Gasteiger partial charge in [0.25, 0.3) is 5.91 Å². The number of carbonyl (C=O) groups is 2. The van der Waals surface area contributed by atoms with E-state index < -0.39 is 5.60 Å². The normalized spacial score (nSPS) is 29.0. The maximum Gasteiger partial charge on any atom is 0.254 e. The van der Waals surface area contributed by atoms with Crippen molar-refractivity contribution >= 4 is 11.8 Å². The Kier molecular flexibility index (Phi) is 5.13. The largest absolute Gasteiger partial charge is 0.475 e. The summed E-state index contributed by atoms with van der Waals surface area (Å²) in [6, 6.07) is 8.45. The molecule has 1 saturated heterocycles. The first-order valence-electron chi connectivity index (χ1n) is 11.5. The average Bonchev–Trinajstić information content (AvgIpc) is 3.43. The van der Waals surface area contributed by atoms with Crippen molar-refractivity contribution in [1.82, 2.24) is 9.80 Å². The topological polar surface area (TPSA) is 93.9 Å². The predicted octanol–water partition coefficient (Wildman–Crippen LogP) is 1.98. The van der Waals surface area contributed by atoms with Gasteiger partial charge in [-0.1, -0.05) is 12.1 Å². The first kappa shape index (κ1) is 20.3. The second-order valence-corrected chi connectivity index (χ2v) is 9.50. The van der Waals surface area contributed by atoms with Gasteiger partial charge in [0.05, 0.1) is 0 Å². The highest BCUT2D eigenvalue weighted by Gasteiger charge is 2.50. The third kappa shape index (κ3) is 3.89. The standard InChI is InChI=1S/C24H29N3O4/c25-15-20-14-19-13-18(5-6-21(19)31-20)16-1-3-17(4-2-16)22(28)26-9-11-27(12-10-26)23(29)24(30)7-8-24/h5-6,13,16-17,20,30H,1-4,7-12,14H2. The van der Waals surface area contributed by atoms with E-state index in [4.69, 9.17) is 10.00 Å². The molecule has 2 amide bonds. The van der Waals surface area contributed by atoms with Crippen LogP contribution in [0.15, 0.2) is 18.2 Å². The summed E-state index contributed by atoms with van der Waals surface area (Å²) in [5, 5.41) is 19.1. The Labute approximate surface area is 182 Å². The lowest BCUT2D eigenvalue weighted by Gasteiger charge is -2.38. The van der Waals surface area contributed by atoms with Crippen LogP contribution in [0.2, 0.25) is 0 Å². The van der Waals surface area contributed by atoms with Gasteiger partial charge in [0.2, 0.25) is 5.91 Å². The Balaban J connectivity index is 1.12. The molecule has 2 heterocycles. The third-order valence-electron chi connectivity index (χ3n) is 7.45. The Bertz CT molecular complexity index is 919. The van der Waals surface area contributed by atoms with Crippen molar-refractivity contribution in [3.05, 3.63) is 29.3 Å². The number of nitriles is 1. The molecule has 2 saturated carbocycles. The lowest BCUT2D eigenvalue weighted by Crippen LogP contribution is -2.54. The average molecular weight is 424 g/mol. The number of aliphatic hydroxyl groups is 1. The van der Waals surface area contributed by atoms with E-state index in [-0.39, 0.29) is 23.8 Å². The molecule has 0 bridgehead atoms. The van der Waals surface area contributed by atoms with Crippen molar-refractivity contribution in [2.75, 3.05) is 26.2 Å². The van der Waals surface area contributed by atoms with E-state index in [1.54, 1.807) is 4.90 Å². The van der Waals surface area contributed by atoms with Gasteiger partial charge in [-0.2, -0.15) is 5.26 Å². The molecule has 31 heavy (non-hydrogen) atoms. The van der Waals surface area contributed by atoms with E-state index in [9.17, 15) is 14.7 Å². The van der Waals surface area contributed by atoms with Crippen LogP contribution in [0.5, 0.6) is 5.75 Å². The molecule has 2 aliphatic carbocycles. The summed E-state index contributed by atoms with van der Waals surface area (Å²) in [4.78, 5) is 28.9. The molecule has 7 heteroatoms. The van der Waals surface area contributed by atoms with Crippen molar-refractivity contribution in [2.24, 2.45) is 5.92 Å². The van der Waals surface area contributed by atoms with E-state index in [0.29, 0.717) is 51.4 Å². The summed E-state index contributed by atoms with van der Waals surface area (Å²) in [5.74, 6) is 1.39. The molecule has 1 atom stereocenters. The summed E-state index contributed by atoms with van der Waals surface area (Å²) in [5.41, 5.74) is 1.28. The van der Waals surface area contributed by atoms with Gasteiger partial charge in [0, 0.05) is 38.5 Å². The Hall–Kier alpha value is -2.59. The molecular weight excluding hydrogens is 394 g/mol. The molecule has 0 radical (unpaired) electrons. The number of hydrogen-bond donors (Lipinski definition) is 1. The van der Waals surface area contributed by atoms with Crippen LogP contribution in [0.3, 0.4) is 0 Å². The highest BCUT2D eigenvalue weighted by Crippen LogP contribution is 2.40. The van der Waals surface area contributed by atoms with Crippen LogP contribution < -0.4 is 4.74 Å². The fraction of sp³-hybridized carbons (Fsp3) is 0.625. The number of piperazine rings is 1. The number of ether oxygens (including phenoxy) is 1. The molecule has 4 aliphatic rings. The van der Waals surface area contributed by atoms with E-state index in [1.807, 2.05) is 11.0 Å². The fourth-order valence-electron chi connectivity index (χ4n) is 5.28. The van der Waals surface area contributed by atoms with E-state index in [0.717, 1.165) is 37.0 Å². The van der Waals surface area contributed by atoms with Gasteiger partial charge in [-0.25, -0.2) is 0 Å². The van der Waals surface area contributed by atoms with Crippen molar-refractivity contribution < 1.29 is 19.4 Å². The van der Waals surface area contributed by atoms with Crippen LogP contribution in [-0.4, -0.2) is 64.6 Å². The molecular formula is C24H29N3O4. The molecule has 1 unspecified atom stereocenters. The molecule has 1 aromatic rings. The number of amides is 2. The Morgan fingerprint density at radius 3 is 2.39 bits per heavy atom. The lowest BCUT2D eigenvalue weighted by molar-refractivity contribution is -0.148. The molecule has 2 aliphatic heterocycles. The van der Waals surface area contributed by atoms with Crippen LogP contribution in [0.25, 0.3) is 0 Å². The number of nitrogens with zero attached hydrogens (tertiary/aromatic N) is 3. The Morgan fingerprint density at radius 2 is 1.74 bits per heavy atom. The molecule has 7 nitrogen and oxygen atoms in total. The molecule has 1 N–H and O–H groups in total. The highest BCUT2D eigenvalue weighted by molar-refractivity contribution is 5.88. The second kappa shape index (κ2) is 7.83. The quantitative estimate of drug-likeness (QED) is 0.802. The van der Waals surface area contributed by atoms with Gasteiger partial charge < -0.3 is 19.6 Å². The number of hydrogen-bond acceptors (Lipinski definition) is 5. The summed E-state index contributed by atoms with van der Waals surface area (Å²) >= 11 is 0. The maximum absolute atomic E-state index is 13.0. The number of fused-ring (bicyclic) bond motifs is 1. The zero-order chi connectivity index (χ0) is 21.6. The van der Waals surface area contributed by atoms with E-state index in [1.165, 1.54) is 5.56 Å². The summed E-state index contributed by atoms with van der Waals surface area (Å²) in [7, 11) is 0. The minimum absolute atomic E-state index is 0.0619. The van der Waals surface area contributed by atoms with Crippen LogP contribution in [0, 0.1) is 17.2 Å². The predicted molar refractivity (Wildman–Crippen MR) is 112 cm³/mol. The molecule has 1 aromatic carbocycles. The lowest BCUT2D eigenvalue weighted by atomic mass is 9.77. The van der Waals surface area contributed by atoms with Crippen molar-refractivity contribution in [2.45, 2.75) is 62.6 Å². The summed E-state index contributed by atoms with van der Waals surface area (Å²) < 4.78 is 5.61. The molecule has 0 spiro atoms. The van der Waals surface area contributed by atoms with Crippen molar-refractivity contribution in [3.8, 4) is 11.8 Å². The third-order valence-corrected chi connectivity index (χ3v) is 7.45. The molecule has 5 rings (SSSR count). The fourth-order valence-corrected chi connectivity index (χ4v) is 5.28. The van der Waals surface area contributed by atoms with E-state index in [2.05, 4.69) is 18.2 Å². The number of benzene rings is 1. The van der Waals surface area contributed by atoms with Gasteiger partial charge in [-0.15, -0.1) is 0 Å². The Morgan fingerprint density at radius 1 is 1.06 bits per heavy atom. The zero-order valence-electron chi connectivity index (χ0n) is 17.8. The highest BCUT2D eigenvalue weighted by atomic mass is 16.5. The SMILES string of the molecule is N#CC1Cc2cc(C3CCC(C(=O)N4CCN(C(=O)C5(O)CC5)CC4)CC3)ccc2O1. The van der Waals surface area contributed by atoms with Crippen LogP contribution >= 0.6 is 0 Å². The van der Waals surface area contributed by atoms with Gasteiger partial charge in [-0.3, -0.25) is 9.59 Å². The number of rotatable bonds is 3. The first-order valence-corrected chi connectivity index (χ1v) is 11.5. The van der Waals surface area contributed by atoms with Crippen LogP contribution in [0.1, 0.15) is 55.6 Å².